The van der Waals surface area contributed by atoms with Crippen LogP contribution < -0.4 is 10.2 Å². The van der Waals surface area contributed by atoms with Crippen molar-refractivity contribution in [3.63, 3.8) is 0 Å². The molecule has 0 aromatic heterocycles. The maximum atomic E-state index is 12.9. The number of hydrogen-bond donors (Lipinski definition) is 1. The van der Waals surface area contributed by atoms with Gasteiger partial charge in [-0.15, -0.1) is 0 Å². The van der Waals surface area contributed by atoms with Gasteiger partial charge in [-0.1, -0.05) is 66.7 Å². The van der Waals surface area contributed by atoms with Gasteiger partial charge in [-0.3, -0.25) is 14.4 Å². The van der Waals surface area contributed by atoms with Gasteiger partial charge in [-0.05, 0) is 35.7 Å². The van der Waals surface area contributed by atoms with E-state index in [-0.39, 0.29) is 36.2 Å². The van der Waals surface area contributed by atoms with Crippen LogP contribution in [0.25, 0.3) is 10.8 Å². The molecule has 4 aromatic rings. The Labute approximate surface area is 213 Å². The molecule has 1 fully saturated rings. The lowest BCUT2D eigenvalue weighted by Gasteiger charge is -2.19. The van der Waals surface area contributed by atoms with Gasteiger partial charge in [0, 0.05) is 29.6 Å². The normalized spacial score (nSPS) is 15.0. The second-order valence-corrected chi connectivity index (χ2v) is 8.84. The zero-order valence-corrected chi connectivity index (χ0v) is 19.9. The molecule has 37 heavy (non-hydrogen) atoms. The first-order valence-electron chi connectivity index (χ1n) is 11.9. The number of ether oxygens (including phenoxy) is 1. The highest BCUT2D eigenvalue weighted by Crippen LogP contribution is 2.32. The molecular formula is C30H24N2O5. The molecule has 1 N–H and O–H groups in total. The molecule has 0 radical (unpaired) electrons. The molecule has 184 valence electrons. The number of fused-ring (bicyclic) bond motifs is 1. The lowest BCUT2D eigenvalue weighted by Crippen LogP contribution is -2.28. The molecule has 0 spiro atoms. The minimum absolute atomic E-state index is 0.0975. The van der Waals surface area contributed by atoms with Crippen molar-refractivity contribution < 1.29 is 23.9 Å². The Morgan fingerprint density at radius 2 is 1.51 bits per heavy atom. The molecule has 5 rings (SSSR count). The number of amides is 2. The van der Waals surface area contributed by atoms with E-state index >= 15 is 0 Å². The maximum absolute atomic E-state index is 12.9. The molecule has 7 heteroatoms. The second kappa shape index (κ2) is 10.5. The van der Waals surface area contributed by atoms with Crippen molar-refractivity contribution in [1.82, 2.24) is 0 Å². The van der Waals surface area contributed by atoms with Crippen molar-refractivity contribution in [3.05, 3.63) is 108 Å². The highest BCUT2D eigenvalue weighted by molar-refractivity contribution is 6.08. The number of Topliss-reactive ketones (excluding diaryl/α,β-unsaturated/α-hetero) is 1. The van der Waals surface area contributed by atoms with Crippen LogP contribution in [0.5, 0.6) is 0 Å². The molecule has 1 aliphatic heterocycles. The Bertz CT molecular complexity index is 1480. The summed E-state index contributed by atoms with van der Waals surface area (Å²) in [4.78, 5) is 51.8. The van der Waals surface area contributed by atoms with E-state index < -0.39 is 11.9 Å². The van der Waals surface area contributed by atoms with E-state index in [4.69, 9.17) is 4.74 Å². The number of ketones is 1. The molecule has 0 unspecified atom stereocenters. The third-order valence-electron chi connectivity index (χ3n) is 6.37. The van der Waals surface area contributed by atoms with Crippen LogP contribution in [0.2, 0.25) is 0 Å². The summed E-state index contributed by atoms with van der Waals surface area (Å²) in [6.07, 6.45) is 0.120. The topological polar surface area (TPSA) is 92.8 Å². The third kappa shape index (κ3) is 5.26. The molecule has 2 amide bonds. The number of hydrogen-bond acceptors (Lipinski definition) is 5. The molecule has 0 saturated carbocycles. The number of carbonyl (C=O) groups excluding carboxylic acids is 4. The number of nitrogens with one attached hydrogen (secondary N) is 1. The Balaban J connectivity index is 1.18. The van der Waals surface area contributed by atoms with Crippen LogP contribution in [0.1, 0.15) is 27.1 Å². The van der Waals surface area contributed by atoms with Crippen LogP contribution in [0.3, 0.4) is 0 Å². The van der Waals surface area contributed by atoms with E-state index in [1.165, 1.54) is 12.1 Å². The predicted octanol–water partition coefficient (Wildman–Crippen LogP) is 4.87. The summed E-state index contributed by atoms with van der Waals surface area (Å²) in [6.45, 7) is -0.0667. The minimum Gasteiger partial charge on any atom is -0.454 e. The Morgan fingerprint density at radius 3 is 2.30 bits per heavy atom. The average Bonchev–Trinajstić information content (AvgIpc) is 3.33. The van der Waals surface area contributed by atoms with E-state index in [9.17, 15) is 19.2 Å². The van der Waals surface area contributed by atoms with Crippen LogP contribution in [0.4, 0.5) is 11.4 Å². The van der Waals surface area contributed by atoms with Crippen LogP contribution in [0, 0.1) is 5.92 Å². The number of benzene rings is 4. The van der Waals surface area contributed by atoms with Crippen molar-refractivity contribution in [3.8, 4) is 0 Å². The fourth-order valence-corrected chi connectivity index (χ4v) is 4.42. The number of anilines is 2. The van der Waals surface area contributed by atoms with E-state index in [1.54, 1.807) is 47.4 Å². The maximum Gasteiger partial charge on any atom is 0.338 e. The lowest BCUT2D eigenvalue weighted by atomic mass is 10.1. The first-order chi connectivity index (χ1) is 18.0. The molecule has 0 bridgehead atoms. The van der Waals surface area contributed by atoms with Gasteiger partial charge >= 0.3 is 5.97 Å². The quantitative estimate of drug-likeness (QED) is 0.294. The number of esters is 1. The summed E-state index contributed by atoms with van der Waals surface area (Å²) in [5.74, 6) is -1.78. The van der Waals surface area contributed by atoms with Gasteiger partial charge < -0.3 is 15.0 Å². The van der Waals surface area contributed by atoms with Crippen LogP contribution in [-0.4, -0.2) is 36.7 Å². The molecular weight excluding hydrogens is 468 g/mol. The fourth-order valence-electron chi connectivity index (χ4n) is 4.42. The van der Waals surface area contributed by atoms with Gasteiger partial charge in [0.2, 0.25) is 11.8 Å². The zero-order chi connectivity index (χ0) is 25.8. The number of nitrogens with zero attached hydrogens (tertiary/aromatic N) is 1. The van der Waals surface area contributed by atoms with Crippen molar-refractivity contribution in [2.75, 3.05) is 23.4 Å². The summed E-state index contributed by atoms with van der Waals surface area (Å²) in [6, 6.07) is 28.4. The third-order valence-corrected chi connectivity index (χ3v) is 6.37. The zero-order valence-electron chi connectivity index (χ0n) is 19.9. The smallest absolute Gasteiger partial charge is 0.338 e. The highest BCUT2D eigenvalue weighted by atomic mass is 16.5. The highest BCUT2D eigenvalue weighted by Gasteiger charge is 2.35. The number of carbonyl (C=O) groups is 4. The lowest BCUT2D eigenvalue weighted by molar-refractivity contribution is -0.122. The van der Waals surface area contributed by atoms with Crippen LogP contribution >= 0.6 is 0 Å². The first-order valence-corrected chi connectivity index (χ1v) is 11.9. The van der Waals surface area contributed by atoms with E-state index in [0.29, 0.717) is 17.8 Å². The van der Waals surface area contributed by atoms with E-state index in [1.807, 2.05) is 42.5 Å². The largest absolute Gasteiger partial charge is 0.454 e. The molecule has 7 nitrogen and oxygen atoms in total. The molecule has 4 aromatic carbocycles. The van der Waals surface area contributed by atoms with Crippen LogP contribution in [0.15, 0.2) is 97.1 Å². The molecule has 1 saturated heterocycles. The summed E-state index contributed by atoms with van der Waals surface area (Å²) < 4.78 is 5.12. The van der Waals surface area contributed by atoms with Crippen molar-refractivity contribution in [2.24, 2.45) is 5.92 Å². The van der Waals surface area contributed by atoms with E-state index in [2.05, 4.69) is 5.32 Å². The predicted molar refractivity (Wildman–Crippen MR) is 141 cm³/mol. The summed E-state index contributed by atoms with van der Waals surface area (Å²) in [5.41, 5.74) is 2.03. The Hall–Kier alpha value is -4.78. The molecule has 0 aliphatic carbocycles. The van der Waals surface area contributed by atoms with Crippen LogP contribution in [-0.2, 0) is 14.3 Å². The SMILES string of the molecule is O=C(COC(=O)c1ccc(NC(=O)[C@@H]2CC(=O)N(c3cccc4ccccc34)C2)cc1)c1ccccc1. The molecule has 1 atom stereocenters. The van der Waals surface area contributed by atoms with Crippen molar-refractivity contribution in [1.29, 1.82) is 0 Å². The molecule has 1 heterocycles. The minimum atomic E-state index is -0.630. The first kappa shape index (κ1) is 23.9. The summed E-state index contributed by atoms with van der Waals surface area (Å²) in [7, 11) is 0. The molecule has 1 aliphatic rings. The van der Waals surface area contributed by atoms with Crippen molar-refractivity contribution >= 4 is 45.7 Å². The standard InChI is InChI=1S/C30H24N2O5/c33-27(21-8-2-1-3-9-21)19-37-30(36)22-13-15-24(16-14-22)31-29(35)23-17-28(34)32(18-23)26-12-6-10-20-7-4-5-11-25(20)26/h1-16,23H,17-19H2,(H,31,35)/t23-/m1/s1. The average molecular weight is 493 g/mol. The van der Waals surface area contributed by atoms with Gasteiger partial charge in [-0.2, -0.15) is 0 Å². The summed E-state index contributed by atoms with van der Waals surface area (Å²) >= 11 is 0. The van der Waals surface area contributed by atoms with Crippen molar-refractivity contribution in [2.45, 2.75) is 6.42 Å². The van der Waals surface area contributed by atoms with Gasteiger partial charge in [0.25, 0.3) is 0 Å². The van der Waals surface area contributed by atoms with Gasteiger partial charge in [0.05, 0.1) is 17.2 Å². The van der Waals surface area contributed by atoms with E-state index in [0.717, 1.165) is 16.5 Å². The van der Waals surface area contributed by atoms with Gasteiger partial charge in [0.15, 0.2) is 12.4 Å². The second-order valence-electron chi connectivity index (χ2n) is 8.84. The van der Waals surface area contributed by atoms with Gasteiger partial charge in [0.1, 0.15) is 0 Å². The number of rotatable bonds is 7. The Morgan fingerprint density at radius 1 is 0.811 bits per heavy atom. The monoisotopic (exact) mass is 492 g/mol. The van der Waals surface area contributed by atoms with Gasteiger partial charge in [-0.25, -0.2) is 4.79 Å². The fraction of sp³-hybridized carbons (Fsp3) is 0.133. The Kier molecular flexibility index (Phi) is 6.76. The summed E-state index contributed by atoms with van der Waals surface area (Å²) in [5, 5.41) is 4.82.